The van der Waals surface area contributed by atoms with Gasteiger partial charge in [-0.3, -0.25) is 4.99 Å². The summed E-state index contributed by atoms with van der Waals surface area (Å²) in [6.07, 6.45) is 1.46. The van der Waals surface area contributed by atoms with Gasteiger partial charge in [-0.1, -0.05) is 25.5 Å². The van der Waals surface area contributed by atoms with Crippen molar-refractivity contribution in [3.05, 3.63) is 28.7 Å². The van der Waals surface area contributed by atoms with Crippen molar-refractivity contribution in [2.45, 2.75) is 25.9 Å². The first-order valence-electron chi connectivity index (χ1n) is 6.72. The third kappa shape index (κ3) is 6.77. The molecular weight excluding hydrogens is 322 g/mol. The van der Waals surface area contributed by atoms with Crippen LogP contribution in [0.25, 0.3) is 0 Å². The summed E-state index contributed by atoms with van der Waals surface area (Å²) in [5.74, 6) is 1.06. The molecule has 0 aliphatic rings. The number of nitrogens with two attached hydrogens (primary N) is 1. The van der Waals surface area contributed by atoms with Crippen LogP contribution < -0.4 is 15.8 Å². The Balaban J connectivity index is 2.28. The van der Waals surface area contributed by atoms with E-state index in [1.807, 2.05) is 24.3 Å². The van der Waals surface area contributed by atoms with Crippen LogP contribution in [-0.2, 0) is 0 Å². The molecule has 0 radical (unpaired) electrons. The van der Waals surface area contributed by atoms with Crippen LogP contribution in [0.2, 0.25) is 0 Å². The number of unbranched alkanes of at least 4 members (excludes halogenated alkanes) is 1. The normalized spacial score (nSPS) is 13.1. The number of aliphatic imine (C=N–C) groups is 1. The monoisotopic (exact) mass is 343 g/mol. The van der Waals surface area contributed by atoms with E-state index in [1.54, 1.807) is 0 Å². The largest absolute Gasteiger partial charge is 0.490 e. The molecule has 20 heavy (non-hydrogen) atoms. The molecule has 4 N–H and O–H groups in total. The number of hydrogen-bond donors (Lipinski definition) is 3. The number of benzene rings is 1. The highest BCUT2D eigenvalue weighted by molar-refractivity contribution is 9.10. The highest BCUT2D eigenvalue weighted by atomic mass is 79.9. The van der Waals surface area contributed by atoms with Crippen molar-refractivity contribution in [2.75, 3.05) is 19.7 Å². The van der Waals surface area contributed by atoms with Crippen LogP contribution >= 0.6 is 15.9 Å². The molecule has 0 aromatic heterocycles. The average molecular weight is 344 g/mol. The molecule has 1 atom stereocenters. The van der Waals surface area contributed by atoms with Gasteiger partial charge in [0.1, 0.15) is 18.5 Å². The first-order chi connectivity index (χ1) is 9.63. The van der Waals surface area contributed by atoms with Crippen molar-refractivity contribution in [3.8, 4) is 5.75 Å². The lowest BCUT2D eigenvalue weighted by Gasteiger charge is -2.12. The van der Waals surface area contributed by atoms with Crippen molar-refractivity contribution in [3.63, 3.8) is 0 Å². The molecule has 0 bridgehead atoms. The van der Waals surface area contributed by atoms with Crippen LogP contribution in [0, 0.1) is 0 Å². The Morgan fingerprint density at radius 1 is 1.50 bits per heavy atom. The third-order valence-corrected chi connectivity index (χ3v) is 3.23. The second-order valence-corrected chi connectivity index (χ2v) is 5.26. The molecule has 1 rings (SSSR count). The van der Waals surface area contributed by atoms with Gasteiger partial charge in [-0.05, 0) is 34.5 Å². The molecule has 0 aliphatic heterocycles. The Kier molecular flexibility index (Phi) is 8.06. The second kappa shape index (κ2) is 9.61. The molecule has 1 aromatic rings. The fraction of sp³-hybridized carbons (Fsp3) is 0.500. The van der Waals surface area contributed by atoms with Gasteiger partial charge >= 0.3 is 0 Å². The molecule has 112 valence electrons. The summed E-state index contributed by atoms with van der Waals surface area (Å²) in [7, 11) is 0. The van der Waals surface area contributed by atoms with Crippen LogP contribution in [0.3, 0.4) is 0 Å². The van der Waals surface area contributed by atoms with Gasteiger partial charge in [-0.25, -0.2) is 0 Å². The van der Waals surface area contributed by atoms with Crippen LogP contribution in [0.1, 0.15) is 19.8 Å². The Morgan fingerprint density at radius 3 is 2.95 bits per heavy atom. The van der Waals surface area contributed by atoms with Crippen molar-refractivity contribution < 1.29 is 9.84 Å². The van der Waals surface area contributed by atoms with Crippen molar-refractivity contribution in [1.82, 2.24) is 5.32 Å². The van der Waals surface area contributed by atoms with Crippen molar-refractivity contribution >= 4 is 21.9 Å². The summed E-state index contributed by atoms with van der Waals surface area (Å²) < 4.78 is 6.36. The van der Waals surface area contributed by atoms with Gasteiger partial charge in [0, 0.05) is 6.54 Å². The third-order valence-electron chi connectivity index (χ3n) is 2.58. The van der Waals surface area contributed by atoms with E-state index >= 15 is 0 Å². The Morgan fingerprint density at radius 2 is 2.25 bits per heavy atom. The number of hydrogen-bond acceptors (Lipinski definition) is 3. The van der Waals surface area contributed by atoms with Gasteiger partial charge in [0.05, 0.1) is 11.0 Å². The van der Waals surface area contributed by atoms with Crippen LogP contribution in [0.5, 0.6) is 5.75 Å². The fourth-order valence-electron chi connectivity index (χ4n) is 1.45. The van der Waals surface area contributed by atoms with Gasteiger partial charge < -0.3 is 20.9 Å². The van der Waals surface area contributed by atoms with Crippen LogP contribution in [-0.4, -0.2) is 36.9 Å². The van der Waals surface area contributed by atoms with Crippen molar-refractivity contribution in [2.24, 2.45) is 10.7 Å². The van der Waals surface area contributed by atoms with E-state index in [4.69, 9.17) is 10.5 Å². The van der Waals surface area contributed by atoms with Gasteiger partial charge in [-0.2, -0.15) is 0 Å². The van der Waals surface area contributed by atoms with E-state index in [-0.39, 0.29) is 13.2 Å². The Bertz CT molecular complexity index is 427. The van der Waals surface area contributed by atoms with Gasteiger partial charge in [0.2, 0.25) is 0 Å². The van der Waals surface area contributed by atoms with Gasteiger partial charge in [0.25, 0.3) is 0 Å². The first-order valence-corrected chi connectivity index (χ1v) is 7.52. The SMILES string of the molecule is CCCCNC(N)=NCC(O)COc1ccccc1Br. The number of para-hydroxylation sites is 1. The number of guanidine groups is 1. The van der Waals surface area contributed by atoms with E-state index in [9.17, 15) is 5.11 Å². The minimum absolute atomic E-state index is 0.175. The minimum Gasteiger partial charge on any atom is -0.490 e. The molecule has 5 nitrogen and oxygen atoms in total. The minimum atomic E-state index is -0.686. The first kappa shape index (κ1) is 16.8. The van der Waals surface area contributed by atoms with E-state index in [0.717, 1.165) is 23.9 Å². The molecule has 0 spiro atoms. The highest BCUT2D eigenvalue weighted by Crippen LogP contribution is 2.23. The van der Waals surface area contributed by atoms with Gasteiger partial charge in [-0.15, -0.1) is 0 Å². The average Bonchev–Trinajstić information content (AvgIpc) is 2.44. The zero-order valence-corrected chi connectivity index (χ0v) is 13.3. The van der Waals surface area contributed by atoms with Crippen LogP contribution in [0.4, 0.5) is 0 Å². The quantitative estimate of drug-likeness (QED) is 0.382. The molecule has 6 heteroatoms. The molecule has 0 amide bonds. The predicted molar refractivity (Wildman–Crippen MR) is 85.0 cm³/mol. The number of nitrogens with one attached hydrogen (secondary N) is 1. The topological polar surface area (TPSA) is 79.9 Å². The standard InChI is InChI=1S/C14H22BrN3O2/c1-2-3-8-17-14(16)18-9-11(19)10-20-13-7-5-4-6-12(13)15/h4-7,11,19H,2-3,8-10H2,1H3,(H3,16,17,18). The molecule has 1 aromatic carbocycles. The number of rotatable bonds is 8. The molecule has 0 aliphatic carbocycles. The number of aliphatic hydroxyl groups excluding tert-OH is 1. The maximum Gasteiger partial charge on any atom is 0.188 e. The van der Waals surface area contributed by atoms with E-state index in [1.165, 1.54) is 0 Å². The smallest absolute Gasteiger partial charge is 0.188 e. The lowest BCUT2D eigenvalue weighted by molar-refractivity contribution is 0.114. The van der Waals surface area contributed by atoms with Crippen LogP contribution in [0.15, 0.2) is 33.7 Å². The molecule has 0 heterocycles. The number of halogens is 1. The molecule has 0 saturated carbocycles. The number of ether oxygens (including phenoxy) is 1. The molecule has 0 fully saturated rings. The summed E-state index contributed by atoms with van der Waals surface area (Å²) in [5, 5.41) is 12.8. The lowest BCUT2D eigenvalue weighted by atomic mass is 10.3. The highest BCUT2D eigenvalue weighted by Gasteiger charge is 2.06. The summed E-state index contributed by atoms with van der Waals surface area (Å²) in [6.45, 7) is 3.30. The number of nitrogens with zero attached hydrogens (tertiary/aromatic N) is 1. The lowest BCUT2D eigenvalue weighted by Crippen LogP contribution is -2.34. The Labute approximate surface area is 128 Å². The Hall–Kier alpha value is -1.27. The zero-order chi connectivity index (χ0) is 14.8. The summed E-state index contributed by atoms with van der Waals surface area (Å²) in [5.41, 5.74) is 5.67. The van der Waals surface area contributed by atoms with E-state index in [0.29, 0.717) is 11.7 Å². The number of aliphatic hydroxyl groups is 1. The van der Waals surface area contributed by atoms with Gasteiger partial charge in [0.15, 0.2) is 5.96 Å². The predicted octanol–water partition coefficient (Wildman–Crippen LogP) is 1.89. The molecule has 1 unspecified atom stereocenters. The molecular formula is C14H22BrN3O2. The summed E-state index contributed by atoms with van der Waals surface area (Å²) >= 11 is 3.38. The fourth-order valence-corrected chi connectivity index (χ4v) is 1.85. The van der Waals surface area contributed by atoms with Crippen molar-refractivity contribution in [1.29, 1.82) is 0 Å². The molecule has 0 saturated heterocycles. The van der Waals surface area contributed by atoms with E-state index in [2.05, 4.69) is 33.2 Å². The maximum absolute atomic E-state index is 9.79. The maximum atomic E-state index is 9.79. The van der Waals surface area contributed by atoms with E-state index < -0.39 is 6.10 Å². The zero-order valence-electron chi connectivity index (χ0n) is 11.7. The second-order valence-electron chi connectivity index (χ2n) is 4.40. The summed E-state index contributed by atoms with van der Waals surface area (Å²) in [6, 6.07) is 7.50. The summed E-state index contributed by atoms with van der Waals surface area (Å²) in [4.78, 5) is 4.07.